The fourth-order valence-electron chi connectivity index (χ4n) is 4.74. The Labute approximate surface area is 205 Å². The minimum Gasteiger partial charge on any atom is -0.354 e. The molecule has 2 aromatic carbocycles. The van der Waals surface area contributed by atoms with Crippen molar-refractivity contribution < 1.29 is 19.1 Å². The summed E-state index contributed by atoms with van der Waals surface area (Å²) in [6.45, 7) is 5.36. The lowest BCUT2D eigenvalue weighted by Gasteiger charge is -2.44. The zero-order chi connectivity index (χ0) is 24.3. The first-order valence-corrected chi connectivity index (χ1v) is 12.1. The van der Waals surface area contributed by atoms with E-state index in [-0.39, 0.29) is 24.3 Å². The summed E-state index contributed by atoms with van der Waals surface area (Å²) in [6.07, 6.45) is 1.65. The van der Waals surface area contributed by atoms with Gasteiger partial charge in [0.1, 0.15) is 11.8 Å². The molecule has 4 rings (SSSR count). The van der Waals surface area contributed by atoms with Crippen LogP contribution in [-0.2, 0) is 9.53 Å². The second-order valence-electron chi connectivity index (χ2n) is 8.86. The summed E-state index contributed by atoms with van der Waals surface area (Å²) in [6, 6.07) is 13.5. The Hall–Kier alpha value is -2.90. The van der Waals surface area contributed by atoms with Crippen molar-refractivity contribution in [3.63, 3.8) is 0 Å². The first-order chi connectivity index (χ1) is 16.4. The van der Waals surface area contributed by atoms with Gasteiger partial charge in [0.2, 0.25) is 5.91 Å². The molecule has 2 aliphatic rings. The normalized spacial score (nSPS) is 19.3. The molecule has 0 aliphatic carbocycles. The van der Waals surface area contributed by atoms with Crippen LogP contribution in [0.5, 0.6) is 0 Å². The summed E-state index contributed by atoms with van der Waals surface area (Å²) in [5, 5.41) is 3.42. The van der Waals surface area contributed by atoms with Gasteiger partial charge in [-0.3, -0.25) is 19.3 Å². The van der Waals surface area contributed by atoms with E-state index in [1.165, 1.54) is 0 Å². The highest BCUT2D eigenvalue weighted by molar-refractivity contribution is 6.30. The molecular weight excluding hydrogens is 454 g/mol. The molecule has 3 amide bonds. The molecule has 2 aromatic rings. The predicted octanol–water partition coefficient (Wildman–Crippen LogP) is 3.65. The highest BCUT2D eigenvalue weighted by atomic mass is 35.5. The van der Waals surface area contributed by atoms with Gasteiger partial charge in [-0.1, -0.05) is 42.8 Å². The van der Waals surface area contributed by atoms with Crippen molar-refractivity contribution in [3.8, 4) is 0 Å². The quantitative estimate of drug-likeness (QED) is 0.704. The maximum atomic E-state index is 13.8. The van der Waals surface area contributed by atoms with E-state index in [1.54, 1.807) is 40.1 Å². The number of hydrogen-bond acceptors (Lipinski definition) is 4. The maximum Gasteiger partial charge on any atom is 0.257 e. The second-order valence-corrected chi connectivity index (χ2v) is 9.29. The number of likely N-dealkylation sites (tertiary alicyclic amines) is 1. The number of ether oxygens (including phenoxy) is 1. The van der Waals surface area contributed by atoms with Crippen molar-refractivity contribution in [3.05, 3.63) is 70.2 Å². The average molecular weight is 484 g/mol. The molecule has 2 aliphatic heterocycles. The Kier molecular flexibility index (Phi) is 7.24. The number of halogens is 1. The fourth-order valence-corrected chi connectivity index (χ4v) is 4.93. The van der Waals surface area contributed by atoms with Gasteiger partial charge >= 0.3 is 0 Å². The summed E-state index contributed by atoms with van der Waals surface area (Å²) in [7, 11) is 0. The highest BCUT2D eigenvalue weighted by Gasteiger charge is 2.54. The van der Waals surface area contributed by atoms with Crippen LogP contribution in [0.4, 0.5) is 0 Å². The highest BCUT2D eigenvalue weighted by Crippen LogP contribution is 2.39. The summed E-state index contributed by atoms with van der Waals surface area (Å²) in [4.78, 5) is 43.2. The van der Waals surface area contributed by atoms with Crippen molar-refractivity contribution in [2.75, 3.05) is 26.2 Å². The van der Waals surface area contributed by atoms with Crippen LogP contribution in [0.1, 0.15) is 52.5 Å². The largest absolute Gasteiger partial charge is 0.354 e. The number of benzene rings is 2. The number of hydrogen-bond donors (Lipinski definition) is 1. The molecule has 2 heterocycles. The van der Waals surface area contributed by atoms with E-state index in [2.05, 4.69) is 5.32 Å². The zero-order valence-corrected chi connectivity index (χ0v) is 20.3. The topological polar surface area (TPSA) is 79.0 Å². The van der Waals surface area contributed by atoms with Gasteiger partial charge in [0.15, 0.2) is 0 Å². The van der Waals surface area contributed by atoms with E-state index in [1.807, 2.05) is 32.0 Å². The molecule has 2 saturated heterocycles. The molecule has 1 unspecified atom stereocenters. The number of rotatable bonds is 5. The minimum atomic E-state index is -0.932. The second kappa shape index (κ2) is 10.2. The Balaban J connectivity index is 1.58. The molecule has 0 aromatic heterocycles. The smallest absolute Gasteiger partial charge is 0.257 e. The molecular formula is C26H30ClN3O4. The summed E-state index contributed by atoms with van der Waals surface area (Å²) in [5.74, 6) is -0.538. The maximum absolute atomic E-state index is 13.8. The number of aryl methyl sites for hydroxylation is 1. The van der Waals surface area contributed by atoms with Crippen LogP contribution in [0.15, 0.2) is 48.5 Å². The van der Waals surface area contributed by atoms with Crippen LogP contribution in [0.3, 0.4) is 0 Å². The van der Waals surface area contributed by atoms with Gasteiger partial charge in [0.25, 0.3) is 11.8 Å². The number of carbonyl (C=O) groups excluding carboxylic acids is 3. The van der Waals surface area contributed by atoms with Crippen LogP contribution >= 0.6 is 11.6 Å². The minimum absolute atomic E-state index is 0.107. The number of amides is 3. The molecule has 1 spiro atoms. The van der Waals surface area contributed by atoms with Crippen LogP contribution in [0.2, 0.25) is 5.02 Å². The van der Waals surface area contributed by atoms with Gasteiger partial charge < -0.3 is 15.0 Å². The van der Waals surface area contributed by atoms with Crippen molar-refractivity contribution in [2.45, 2.75) is 44.9 Å². The predicted molar refractivity (Wildman–Crippen MR) is 130 cm³/mol. The Bertz CT molecular complexity index is 1080. The van der Waals surface area contributed by atoms with Gasteiger partial charge in [0.05, 0.1) is 6.61 Å². The number of piperidine rings is 1. The average Bonchev–Trinajstić information content (AvgIpc) is 3.21. The van der Waals surface area contributed by atoms with Crippen LogP contribution in [-0.4, -0.2) is 65.5 Å². The Morgan fingerprint density at radius 3 is 2.50 bits per heavy atom. The third-order valence-corrected chi connectivity index (χ3v) is 6.85. The molecule has 180 valence electrons. The lowest BCUT2D eigenvalue weighted by molar-refractivity contribution is -0.128. The van der Waals surface area contributed by atoms with Gasteiger partial charge in [-0.15, -0.1) is 0 Å². The molecule has 0 bridgehead atoms. The van der Waals surface area contributed by atoms with Crippen LogP contribution < -0.4 is 5.32 Å². The molecule has 0 saturated carbocycles. The van der Waals surface area contributed by atoms with E-state index >= 15 is 0 Å². The van der Waals surface area contributed by atoms with Crippen molar-refractivity contribution in [2.24, 2.45) is 0 Å². The van der Waals surface area contributed by atoms with E-state index in [9.17, 15) is 14.4 Å². The summed E-state index contributed by atoms with van der Waals surface area (Å²) < 4.78 is 6.23. The molecule has 1 atom stereocenters. The molecule has 0 radical (unpaired) electrons. The lowest BCUT2D eigenvalue weighted by Crippen LogP contribution is -2.60. The Morgan fingerprint density at radius 1 is 1.09 bits per heavy atom. The zero-order valence-electron chi connectivity index (χ0n) is 19.6. The molecule has 8 heteroatoms. The third-order valence-electron chi connectivity index (χ3n) is 6.61. The fraction of sp³-hybridized carbons (Fsp3) is 0.423. The number of nitrogens with one attached hydrogen (secondary N) is 1. The van der Waals surface area contributed by atoms with Gasteiger partial charge in [-0.2, -0.15) is 0 Å². The van der Waals surface area contributed by atoms with Gasteiger partial charge in [0, 0.05) is 48.6 Å². The van der Waals surface area contributed by atoms with Gasteiger partial charge in [-0.05, 0) is 43.2 Å². The summed E-state index contributed by atoms with van der Waals surface area (Å²) in [5.41, 5.74) is 0.994. The molecule has 34 heavy (non-hydrogen) atoms. The number of nitrogens with zero attached hydrogens (tertiary/aromatic N) is 2. The monoisotopic (exact) mass is 483 g/mol. The molecule has 7 nitrogen and oxygen atoms in total. The SMILES string of the molecule is CCCNC(=O)C1COC2(CCN(C(=O)c3cccc(Cl)c3)CC2)N1C(=O)c1ccccc1C. The van der Waals surface area contributed by atoms with Gasteiger partial charge in [-0.25, -0.2) is 0 Å². The standard InChI is InChI=1S/C26H30ClN3O4/c1-3-13-28-23(31)22-17-34-26(30(22)25(33)21-10-5-4-7-18(21)2)11-14-29(15-12-26)24(32)19-8-6-9-20(27)16-19/h4-10,16,22H,3,11-15,17H2,1-2H3,(H,28,31). The lowest BCUT2D eigenvalue weighted by atomic mass is 9.95. The number of carbonyl (C=O) groups is 3. The first-order valence-electron chi connectivity index (χ1n) is 11.7. The van der Waals surface area contributed by atoms with Crippen LogP contribution in [0, 0.1) is 6.92 Å². The summed E-state index contributed by atoms with van der Waals surface area (Å²) >= 11 is 6.06. The molecule has 2 fully saturated rings. The van der Waals surface area contributed by atoms with Crippen LogP contribution in [0.25, 0.3) is 0 Å². The van der Waals surface area contributed by atoms with E-state index in [4.69, 9.17) is 16.3 Å². The molecule has 1 N–H and O–H groups in total. The van der Waals surface area contributed by atoms with E-state index in [0.717, 1.165) is 12.0 Å². The van der Waals surface area contributed by atoms with Crippen molar-refractivity contribution in [1.29, 1.82) is 0 Å². The van der Waals surface area contributed by atoms with Crippen molar-refractivity contribution >= 4 is 29.3 Å². The third kappa shape index (κ3) is 4.68. The van der Waals surface area contributed by atoms with E-state index < -0.39 is 11.8 Å². The van der Waals surface area contributed by atoms with Crippen molar-refractivity contribution in [1.82, 2.24) is 15.1 Å². The van der Waals surface area contributed by atoms with E-state index in [0.29, 0.717) is 48.6 Å². The Morgan fingerprint density at radius 2 is 1.82 bits per heavy atom. The first kappa shape index (κ1) is 24.2.